The molecule has 1 N–H and O–H groups in total. The first-order valence-electron chi connectivity index (χ1n) is 6.05. The molecule has 0 amide bonds. The van der Waals surface area contributed by atoms with Gasteiger partial charge in [0.25, 0.3) is 0 Å². The molecule has 3 nitrogen and oxygen atoms in total. The SMILES string of the molecule is CC(CCBr)NS(=O)(=O)CC(C)c1ccccc1. The van der Waals surface area contributed by atoms with Crippen LogP contribution < -0.4 is 4.72 Å². The van der Waals surface area contributed by atoms with Gasteiger partial charge in [0, 0.05) is 11.4 Å². The van der Waals surface area contributed by atoms with Gasteiger partial charge in [-0.15, -0.1) is 0 Å². The van der Waals surface area contributed by atoms with E-state index in [1.54, 1.807) is 0 Å². The van der Waals surface area contributed by atoms with Crippen molar-refractivity contribution in [3.8, 4) is 0 Å². The molecule has 0 aliphatic carbocycles. The van der Waals surface area contributed by atoms with Crippen molar-refractivity contribution in [3.63, 3.8) is 0 Å². The Morgan fingerprint density at radius 1 is 1.22 bits per heavy atom. The number of alkyl halides is 1. The van der Waals surface area contributed by atoms with Gasteiger partial charge in [0.1, 0.15) is 0 Å². The summed E-state index contributed by atoms with van der Waals surface area (Å²) in [5, 5.41) is 0.797. The summed E-state index contributed by atoms with van der Waals surface area (Å²) in [6, 6.07) is 9.68. The standard InChI is InChI=1S/C13H20BrNO2S/c1-11(13-6-4-3-5-7-13)10-18(16,17)15-12(2)8-9-14/h3-7,11-12,15H,8-10H2,1-2H3. The van der Waals surface area contributed by atoms with E-state index >= 15 is 0 Å². The Morgan fingerprint density at radius 3 is 2.39 bits per heavy atom. The number of halogens is 1. The molecule has 1 aromatic carbocycles. The van der Waals surface area contributed by atoms with Crippen LogP contribution in [-0.4, -0.2) is 25.5 Å². The van der Waals surface area contributed by atoms with Gasteiger partial charge in [0.05, 0.1) is 5.75 Å². The Bertz CT molecular complexity index is 447. The van der Waals surface area contributed by atoms with Crippen LogP contribution in [-0.2, 0) is 10.0 Å². The third-order valence-electron chi connectivity index (χ3n) is 2.76. The van der Waals surface area contributed by atoms with Crippen molar-refractivity contribution in [2.24, 2.45) is 0 Å². The van der Waals surface area contributed by atoms with E-state index in [9.17, 15) is 8.42 Å². The maximum Gasteiger partial charge on any atom is 0.212 e. The first-order valence-corrected chi connectivity index (χ1v) is 8.83. The Hall–Kier alpha value is -0.390. The number of rotatable bonds is 7. The molecule has 0 saturated carbocycles. The highest BCUT2D eigenvalue weighted by molar-refractivity contribution is 9.09. The molecule has 18 heavy (non-hydrogen) atoms. The van der Waals surface area contributed by atoms with E-state index < -0.39 is 10.0 Å². The van der Waals surface area contributed by atoms with Crippen molar-refractivity contribution in [1.82, 2.24) is 4.72 Å². The van der Waals surface area contributed by atoms with E-state index in [1.807, 2.05) is 44.2 Å². The summed E-state index contributed by atoms with van der Waals surface area (Å²) < 4.78 is 26.6. The molecule has 0 aliphatic heterocycles. The highest BCUT2D eigenvalue weighted by atomic mass is 79.9. The summed E-state index contributed by atoms with van der Waals surface area (Å²) in [5.41, 5.74) is 1.05. The highest BCUT2D eigenvalue weighted by Gasteiger charge is 2.18. The van der Waals surface area contributed by atoms with Crippen LogP contribution in [0.15, 0.2) is 30.3 Å². The summed E-state index contributed by atoms with van der Waals surface area (Å²) in [4.78, 5) is 0. The molecule has 0 saturated heterocycles. The second-order valence-corrected chi connectivity index (χ2v) is 7.18. The predicted octanol–water partition coefficient (Wildman–Crippen LogP) is 2.88. The van der Waals surface area contributed by atoms with E-state index in [1.165, 1.54) is 0 Å². The average molecular weight is 334 g/mol. The quantitative estimate of drug-likeness (QED) is 0.780. The van der Waals surface area contributed by atoms with Crippen molar-refractivity contribution in [2.75, 3.05) is 11.1 Å². The van der Waals surface area contributed by atoms with Crippen LogP contribution in [0.5, 0.6) is 0 Å². The predicted molar refractivity (Wildman–Crippen MR) is 79.7 cm³/mol. The van der Waals surface area contributed by atoms with Gasteiger partial charge in [-0.05, 0) is 24.8 Å². The number of benzene rings is 1. The van der Waals surface area contributed by atoms with E-state index in [2.05, 4.69) is 20.7 Å². The van der Waals surface area contributed by atoms with Crippen LogP contribution in [0, 0.1) is 0 Å². The highest BCUT2D eigenvalue weighted by Crippen LogP contribution is 2.16. The fourth-order valence-corrected chi connectivity index (χ4v) is 4.15. The number of nitrogens with one attached hydrogen (secondary N) is 1. The molecule has 0 aromatic heterocycles. The van der Waals surface area contributed by atoms with Gasteiger partial charge in [-0.1, -0.05) is 53.2 Å². The van der Waals surface area contributed by atoms with Gasteiger partial charge in [-0.3, -0.25) is 0 Å². The summed E-state index contributed by atoms with van der Waals surface area (Å²) in [5.74, 6) is 0.128. The number of hydrogen-bond donors (Lipinski definition) is 1. The first kappa shape index (κ1) is 15.7. The lowest BCUT2D eigenvalue weighted by atomic mass is 10.0. The van der Waals surface area contributed by atoms with Gasteiger partial charge in [-0.2, -0.15) is 0 Å². The minimum Gasteiger partial charge on any atom is -0.212 e. The normalized spacial score (nSPS) is 15.3. The molecule has 1 aromatic rings. The van der Waals surface area contributed by atoms with E-state index in [-0.39, 0.29) is 17.7 Å². The monoisotopic (exact) mass is 333 g/mol. The third kappa shape index (κ3) is 5.50. The molecule has 5 heteroatoms. The van der Waals surface area contributed by atoms with Crippen molar-refractivity contribution in [3.05, 3.63) is 35.9 Å². The molecule has 0 aliphatic rings. The minimum atomic E-state index is -3.22. The van der Waals surface area contributed by atoms with Crippen molar-refractivity contribution in [1.29, 1.82) is 0 Å². The van der Waals surface area contributed by atoms with Crippen LogP contribution >= 0.6 is 15.9 Å². The zero-order valence-corrected chi connectivity index (χ0v) is 13.2. The van der Waals surface area contributed by atoms with Crippen molar-refractivity contribution < 1.29 is 8.42 Å². The molecular formula is C13H20BrNO2S. The molecule has 0 fully saturated rings. The Morgan fingerprint density at radius 2 is 1.83 bits per heavy atom. The lowest BCUT2D eigenvalue weighted by molar-refractivity contribution is 0.552. The Balaban J connectivity index is 2.60. The summed E-state index contributed by atoms with van der Waals surface area (Å²) >= 11 is 3.31. The molecule has 102 valence electrons. The van der Waals surface area contributed by atoms with Crippen LogP contribution in [0.2, 0.25) is 0 Å². The summed E-state index contributed by atoms with van der Waals surface area (Å²) in [7, 11) is -3.22. The zero-order chi connectivity index (χ0) is 13.6. The number of hydrogen-bond acceptors (Lipinski definition) is 2. The van der Waals surface area contributed by atoms with Gasteiger partial charge in [0.15, 0.2) is 0 Å². The maximum absolute atomic E-state index is 12.0. The minimum absolute atomic E-state index is 0.000120. The van der Waals surface area contributed by atoms with E-state index in [0.717, 1.165) is 17.3 Å². The molecule has 0 heterocycles. The van der Waals surface area contributed by atoms with Crippen LogP contribution in [0.25, 0.3) is 0 Å². The average Bonchev–Trinajstić information content (AvgIpc) is 2.29. The van der Waals surface area contributed by atoms with Crippen molar-refractivity contribution in [2.45, 2.75) is 32.2 Å². The lowest BCUT2D eigenvalue weighted by Crippen LogP contribution is -2.35. The number of sulfonamides is 1. The van der Waals surface area contributed by atoms with E-state index in [0.29, 0.717) is 0 Å². The molecule has 1 rings (SSSR count). The zero-order valence-electron chi connectivity index (χ0n) is 10.8. The second-order valence-electron chi connectivity index (χ2n) is 4.59. The fourth-order valence-electron chi connectivity index (χ4n) is 1.78. The van der Waals surface area contributed by atoms with E-state index in [4.69, 9.17) is 0 Å². The molecule has 2 unspecified atom stereocenters. The van der Waals surface area contributed by atoms with Gasteiger partial charge in [0.2, 0.25) is 10.0 Å². The molecule has 0 bridgehead atoms. The lowest BCUT2D eigenvalue weighted by Gasteiger charge is -2.16. The third-order valence-corrected chi connectivity index (χ3v) is 4.92. The second kappa shape index (κ2) is 7.26. The topological polar surface area (TPSA) is 46.2 Å². The summed E-state index contributed by atoms with van der Waals surface area (Å²) in [6.45, 7) is 3.82. The van der Waals surface area contributed by atoms with Gasteiger partial charge >= 0.3 is 0 Å². The van der Waals surface area contributed by atoms with Crippen LogP contribution in [0.1, 0.15) is 31.7 Å². The molecule has 2 atom stereocenters. The molecular weight excluding hydrogens is 314 g/mol. The maximum atomic E-state index is 12.0. The first-order chi connectivity index (χ1) is 8.44. The summed E-state index contributed by atoms with van der Waals surface area (Å²) in [6.07, 6.45) is 0.791. The van der Waals surface area contributed by atoms with Crippen molar-refractivity contribution >= 4 is 26.0 Å². The fraction of sp³-hybridized carbons (Fsp3) is 0.538. The van der Waals surface area contributed by atoms with Gasteiger partial charge < -0.3 is 0 Å². The van der Waals surface area contributed by atoms with Crippen LogP contribution in [0.4, 0.5) is 0 Å². The Kier molecular flexibility index (Phi) is 6.32. The Labute approximate surface area is 118 Å². The largest absolute Gasteiger partial charge is 0.212 e. The van der Waals surface area contributed by atoms with Gasteiger partial charge in [-0.25, -0.2) is 13.1 Å². The molecule has 0 radical (unpaired) electrons. The van der Waals surface area contributed by atoms with Crippen LogP contribution in [0.3, 0.4) is 0 Å². The smallest absolute Gasteiger partial charge is 0.212 e. The molecule has 0 spiro atoms.